The Balaban J connectivity index is 2.26. The van der Waals surface area contributed by atoms with E-state index < -0.39 is 36.0 Å². The summed E-state index contributed by atoms with van der Waals surface area (Å²) < 4.78 is 47.0. The summed E-state index contributed by atoms with van der Waals surface area (Å²) in [6.07, 6.45) is -4.59. The molecule has 0 aliphatic carbocycles. The molecule has 162 valence electrons. The molecule has 0 fully saturated rings. The molecule has 0 saturated heterocycles. The molecule has 0 bridgehead atoms. The maximum Gasteiger partial charge on any atom is 0.416 e. The predicted octanol–water partition coefficient (Wildman–Crippen LogP) is 3.15. The van der Waals surface area contributed by atoms with Crippen molar-refractivity contribution >= 4 is 28.6 Å². The van der Waals surface area contributed by atoms with Crippen molar-refractivity contribution in [1.82, 2.24) is 4.57 Å². The van der Waals surface area contributed by atoms with E-state index >= 15 is 0 Å². The van der Waals surface area contributed by atoms with Crippen molar-refractivity contribution in [3.05, 3.63) is 64.8 Å². The van der Waals surface area contributed by atoms with Crippen LogP contribution in [-0.2, 0) is 22.3 Å². The molecule has 10 heteroatoms. The summed E-state index contributed by atoms with van der Waals surface area (Å²) in [5.41, 5.74) is 4.62. The number of amides is 1. The zero-order valence-electron chi connectivity index (χ0n) is 16.2. The molecule has 3 N–H and O–H groups in total. The molecule has 0 radical (unpaired) electrons. The minimum Gasteiger partial charge on any atom is -0.481 e. The van der Waals surface area contributed by atoms with E-state index in [9.17, 15) is 27.6 Å². The van der Waals surface area contributed by atoms with Crippen LogP contribution in [0.5, 0.6) is 5.75 Å². The van der Waals surface area contributed by atoms with Crippen LogP contribution in [0.4, 0.5) is 13.2 Å². The third-order valence-electron chi connectivity index (χ3n) is 4.76. The van der Waals surface area contributed by atoms with E-state index in [2.05, 4.69) is 0 Å². The number of hydrogen-bond acceptors (Lipinski definition) is 4. The molecule has 1 amide bonds. The molecule has 31 heavy (non-hydrogen) atoms. The van der Waals surface area contributed by atoms with Crippen molar-refractivity contribution in [2.24, 2.45) is 5.73 Å². The SMILES string of the molecule is Cc1c(C(=O)C(N)=O)c2c(OCC(=O)O)cccc2n1Cc1ccccc1C(F)(F)F. The molecule has 0 atom stereocenters. The van der Waals surface area contributed by atoms with Gasteiger partial charge in [0.1, 0.15) is 5.75 Å². The van der Waals surface area contributed by atoms with Crippen molar-refractivity contribution < 1.29 is 37.4 Å². The van der Waals surface area contributed by atoms with Crippen molar-refractivity contribution in [3.63, 3.8) is 0 Å². The first kappa shape index (κ1) is 21.9. The van der Waals surface area contributed by atoms with Crippen LogP contribution in [0.1, 0.15) is 27.2 Å². The Hall–Kier alpha value is -3.82. The number of aliphatic carboxylic acids is 1. The lowest BCUT2D eigenvalue weighted by atomic mass is 10.1. The van der Waals surface area contributed by atoms with E-state index in [4.69, 9.17) is 15.6 Å². The fourth-order valence-corrected chi connectivity index (χ4v) is 3.46. The number of carboxylic acid groups (broad SMARTS) is 1. The van der Waals surface area contributed by atoms with Crippen LogP contribution in [0.3, 0.4) is 0 Å². The van der Waals surface area contributed by atoms with E-state index in [1.54, 1.807) is 0 Å². The number of hydrogen-bond donors (Lipinski definition) is 2. The van der Waals surface area contributed by atoms with Crippen LogP contribution in [-0.4, -0.2) is 33.9 Å². The Bertz CT molecular complexity index is 1200. The monoisotopic (exact) mass is 434 g/mol. The number of halogens is 3. The fraction of sp³-hybridized carbons (Fsp3) is 0.190. The van der Waals surface area contributed by atoms with E-state index in [0.717, 1.165) is 6.07 Å². The Labute approximate surface area is 173 Å². The standard InChI is InChI=1S/C21H17F3N2O5/c1-11-17(19(29)20(25)30)18-14(7-4-8-15(18)31-10-16(27)28)26(11)9-12-5-2-3-6-13(12)21(22,23)24/h2-8H,9-10H2,1H3,(H2,25,30)(H,27,28). The van der Waals surface area contributed by atoms with E-state index in [-0.39, 0.29) is 34.5 Å². The Kier molecular flexibility index (Phi) is 5.74. The number of primary amides is 1. The fourth-order valence-electron chi connectivity index (χ4n) is 3.46. The number of carbonyl (C=O) groups excluding carboxylic acids is 2. The van der Waals surface area contributed by atoms with Crippen molar-refractivity contribution in [2.45, 2.75) is 19.6 Å². The van der Waals surface area contributed by atoms with Gasteiger partial charge in [0.15, 0.2) is 6.61 Å². The second-order valence-corrected chi connectivity index (χ2v) is 6.73. The Morgan fingerprint density at radius 3 is 2.39 bits per heavy atom. The van der Waals surface area contributed by atoms with Crippen molar-refractivity contribution in [2.75, 3.05) is 6.61 Å². The highest BCUT2D eigenvalue weighted by molar-refractivity contribution is 6.45. The first-order valence-corrected chi connectivity index (χ1v) is 8.98. The Morgan fingerprint density at radius 1 is 1.10 bits per heavy atom. The van der Waals surface area contributed by atoms with Gasteiger partial charge in [0.05, 0.1) is 22.0 Å². The minimum absolute atomic E-state index is 0.00421. The molecule has 3 aromatic rings. The molecule has 2 aromatic carbocycles. The number of fused-ring (bicyclic) bond motifs is 1. The van der Waals surface area contributed by atoms with Crippen LogP contribution >= 0.6 is 0 Å². The summed E-state index contributed by atoms with van der Waals surface area (Å²) in [4.78, 5) is 35.0. The van der Waals surface area contributed by atoms with Gasteiger partial charge in [-0.1, -0.05) is 24.3 Å². The molecule has 0 aliphatic rings. The third-order valence-corrected chi connectivity index (χ3v) is 4.76. The highest BCUT2D eigenvalue weighted by atomic mass is 19.4. The van der Waals surface area contributed by atoms with Gasteiger partial charge in [0.2, 0.25) is 0 Å². The lowest BCUT2D eigenvalue weighted by molar-refractivity contribution is -0.139. The number of nitrogens with two attached hydrogens (primary N) is 1. The molecule has 7 nitrogen and oxygen atoms in total. The third kappa shape index (κ3) is 4.23. The molecule has 0 spiro atoms. The number of carbonyl (C=O) groups is 3. The van der Waals surface area contributed by atoms with Crippen molar-refractivity contribution in [3.8, 4) is 5.75 Å². The second-order valence-electron chi connectivity index (χ2n) is 6.73. The number of nitrogens with zero attached hydrogens (tertiary/aromatic N) is 1. The maximum atomic E-state index is 13.4. The van der Waals surface area contributed by atoms with Gasteiger partial charge in [-0.25, -0.2) is 4.79 Å². The van der Waals surface area contributed by atoms with Gasteiger partial charge in [-0.2, -0.15) is 13.2 Å². The van der Waals surface area contributed by atoms with Gasteiger partial charge in [-0.3, -0.25) is 9.59 Å². The van der Waals surface area contributed by atoms with Gasteiger partial charge in [0, 0.05) is 12.2 Å². The lowest BCUT2D eigenvalue weighted by Gasteiger charge is -2.15. The van der Waals surface area contributed by atoms with Gasteiger partial charge in [0.25, 0.3) is 11.7 Å². The van der Waals surface area contributed by atoms with Gasteiger partial charge in [-0.15, -0.1) is 0 Å². The largest absolute Gasteiger partial charge is 0.481 e. The summed E-state index contributed by atoms with van der Waals surface area (Å²) in [5, 5.41) is 9.00. The summed E-state index contributed by atoms with van der Waals surface area (Å²) >= 11 is 0. The zero-order valence-corrected chi connectivity index (χ0v) is 16.2. The average Bonchev–Trinajstić information content (AvgIpc) is 2.97. The number of carboxylic acids is 1. The summed E-state index contributed by atoms with van der Waals surface area (Å²) in [6.45, 7) is 0.490. The zero-order chi connectivity index (χ0) is 22.9. The average molecular weight is 434 g/mol. The molecular weight excluding hydrogens is 417 g/mol. The second kappa shape index (κ2) is 8.13. The smallest absolute Gasteiger partial charge is 0.416 e. The van der Waals surface area contributed by atoms with Gasteiger partial charge < -0.3 is 20.1 Å². The molecule has 1 heterocycles. The lowest BCUT2D eigenvalue weighted by Crippen LogP contribution is -2.24. The maximum absolute atomic E-state index is 13.4. The molecule has 0 unspecified atom stereocenters. The van der Waals surface area contributed by atoms with E-state index in [0.29, 0.717) is 5.52 Å². The first-order chi connectivity index (χ1) is 14.5. The molecule has 3 rings (SSSR count). The summed E-state index contributed by atoms with van der Waals surface area (Å²) in [7, 11) is 0. The number of benzene rings is 2. The quantitative estimate of drug-likeness (QED) is 0.438. The molecular formula is C21H17F3N2O5. The van der Waals surface area contributed by atoms with E-state index in [1.165, 1.54) is 47.9 Å². The molecule has 0 saturated carbocycles. The summed E-state index contributed by atoms with van der Waals surface area (Å²) in [5.74, 6) is -3.59. The molecule has 1 aromatic heterocycles. The summed E-state index contributed by atoms with van der Waals surface area (Å²) in [6, 6.07) is 9.43. The molecule has 0 aliphatic heterocycles. The van der Waals surface area contributed by atoms with Gasteiger partial charge in [-0.05, 0) is 30.7 Å². The predicted molar refractivity (Wildman–Crippen MR) is 104 cm³/mol. The number of aromatic nitrogens is 1. The number of alkyl halides is 3. The highest BCUT2D eigenvalue weighted by Crippen LogP contribution is 2.37. The normalized spacial score (nSPS) is 11.5. The van der Waals surface area contributed by atoms with Gasteiger partial charge >= 0.3 is 12.1 Å². The topological polar surface area (TPSA) is 112 Å². The van der Waals surface area contributed by atoms with Crippen LogP contribution in [0.15, 0.2) is 42.5 Å². The van der Waals surface area contributed by atoms with Crippen molar-refractivity contribution in [1.29, 1.82) is 0 Å². The van der Waals surface area contributed by atoms with Crippen LogP contribution in [0, 0.1) is 6.92 Å². The first-order valence-electron chi connectivity index (χ1n) is 8.98. The van der Waals surface area contributed by atoms with Crippen LogP contribution in [0.25, 0.3) is 10.9 Å². The van der Waals surface area contributed by atoms with E-state index in [1.807, 2.05) is 0 Å². The number of ketones is 1. The number of ether oxygens (including phenoxy) is 1. The Morgan fingerprint density at radius 2 is 1.77 bits per heavy atom. The van der Waals surface area contributed by atoms with Crippen LogP contribution in [0.2, 0.25) is 0 Å². The highest BCUT2D eigenvalue weighted by Gasteiger charge is 2.33. The number of Topliss-reactive ketones (excluding diaryl/α,β-unsaturated/α-hetero) is 1. The minimum atomic E-state index is -4.59. The van der Waals surface area contributed by atoms with Crippen LogP contribution < -0.4 is 10.5 Å². The number of rotatable bonds is 7.